The number of allylic oxidation sites excluding steroid dienone is 2. The molecule has 3 aromatic rings. The lowest BCUT2D eigenvalue weighted by Gasteiger charge is -2.23. The zero-order chi connectivity index (χ0) is 23.0. The van der Waals surface area contributed by atoms with Gasteiger partial charge in [0.05, 0.1) is 22.8 Å². The van der Waals surface area contributed by atoms with Crippen molar-refractivity contribution in [2.24, 2.45) is 0 Å². The van der Waals surface area contributed by atoms with E-state index in [-0.39, 0.29) is 0 Å². The highest BCUT2D eigenvalue weighted by molar-refractivity contribution is 7.71. The Bertz CT molecular complexity index is 1330. The molecule has 0 saturated carbocycles. The average molecular weight is 431 g/mol. The fourth-order valence-electron chi connectivity index (χ4n) is 4.58. The molecule has 0 spiro atoms. The molecule has 0 atom stereocenters. The average Bonchev–Trinajstić information content (AvgIpc) is 2.72. The normalized spacial score (nSPS) is 10.9. The number of nitrogens with two attached hydrogens (primary N) is 1. The number of nitriles is 1. The number of H-pyrrole nitrogens is 1. The fourth-order valence-corrected chi connectivity index (χ4v) is 4.83. The van der Waals surface area contributed by atoms with Gasteiger partial charge in [-0.15, -0.1) is 0 Å². The molecule has 0 unspecified atom stereocenters. The Morgan fingerprint density at radius 2 is 1.77 bits per heavy atom. The molecule has 0 radical (unpaired) electrons. The summed E-state index contributed by atoms with van der Waals surface area (Å²) in [6.07, 6.45) is 1.69. The SMILES string of the molecule is CCc1c(-c2ccc(C)c(C)c2C(C#N)=C(C)C)c(N)c2nc(=S)[nH]c(C)c2c1CC. The van der Waals surface area contributed by atoms with E-state index in [0.29, 0.717) is 16.0 Å². The molecule has 31 heavy (non-hydrogen) atoms. The van der Waals surface area contributed by atoms with Gasteiger partial charge in [-0.25, -0.2) is 4.98 Å². The quantitative estimate of drug-likeness (QED) is 0.268. The molecule has 0 aliphatic heterocycles. The van der Waals surface area contributed by atoms with Gasteiger partial charge in [0, 0.05) is 22.2 Å². The van der Waals surface area contributed by atoms with E-state index in [4.69, 9.17) is 18.0 Å². The number of anilines is 1. The van der Waals surface area contributed by atoms with E-state index >= 15 is 0 Å². The summed E-state index contributed by atoms with van der Waals surface area (Å²) in [7, 11) is 0. The van der Waals surface area contributed by atoms with Crippen LogP contribution >= 0.6 is 12.2 Å². The first kappa shape index (κ1) is 22.7. The third kappa shape index (κ3) is 3.66. The molecule has 1 aromatic heterocycles. The van der Waals surface area contributed by atoms with E-state index in [1.54, 1.807) is 0 Å². The van der Waals surface area contributed by atoms with Gasteiger partial charge < -0.3 is 10.7 Å². The second-order valence-electron chi connectivity index (χ2n) is 8.26. The number of nitrogens with one attached hydrogen (secondary N) is 1. The van der Waals surface area contributed by atoms with Gasteiger partial charge in [0.1, 0.15) is 0 Å². The van der Waals surface area contributed by atoms with Crippen LogP contribution in [0.1, 0.15) is 61.2 Å². The van der Waals surface area contributed by atoms with Gasteiger partial charge in [0.2, 0.25) is 0 Å². The zero-order valence-corrected chi connectivity index (χ0v) is 20.3. The molecule has 0 bridgehead atoms. The Morgan fingerprint density at radius 3 is 2.32 bits per heavy atom. The van der Waals surface area contributed by atoms with Crippen LogP contribution in [-0.2, 0) is 12.8 Å². The van der Waals surface area contributed by atoms with Crippen LogP contribution in [0.25, 0.3) is 27.6 Å². The van der Waals surface area contributed by atoms with Gasteiger partial charge in [0.25, 0.3) is 0 Å². The lowest BCUT2D eigenvalue weighted by molar-refractivity contribution is 1.04. The molecule has 0 aliphatic carbocycles. The molecule has 2 aromatic carbocycles. The number of fused-ring (bicyclic) bond motifs is 1. The van der Waals surface area contributed by atoms with Crippen molar-refractivity contribution in [2.45, 2.75) is 61.3 Å². The fraction of sp³-hybridized carbons (Fsp3) is 0.346. The van der Waals surface area contributed by atoms with Crippen LogP contribution in [0.15, 0.2) is 17.7 Å². The highest BCUT2D eigenvalue weighted by Gasteiger charge is 2.24. The van der Waals surface area contributed by atoms with Crippen LogP contribution in [-0.4, -0.2) is 9.97 Å². The Morgan fingerprint density at radius 1 is 1.13 bits per heavy atom. The lowest BCUT2D eigenvalue weighted by Crippen LogP contribution is -2.08. The summed E-state index contributed by atoms with van der Waals surface area (Å²) in [6.45, 7) is 14.5. The monoisotopic (exact) mass is 430 g/mol. The Hall–Kier alpha value is -2.97. The highest BCUT2D eigenvalue weighted by atomic mass is 32.1. The van der Waals surface area contributed by atoms with E-state index in [1.807, 2.05) is 20.8 Å². The van der Waals surface area contributed by atoms with Crippen LogP contribution in [0.2, 0.25) is 0 Å². The predicted molar refractivity (Wildman–Crippen MR) is 134 cm³/mol. The molecule has 0 saturated heterocycles. The van der Waals surface area contributed by atoms with E-state index in [9.17, 15) is 5.26 Å². The number of nitrogen functional groups attached to an aromatic ring is 1. The van der Waals surface area contributed by atoms with Crippen molar-refractivity contribution in [3.05, 3.63) is 56.0 Å². The summed E-state index contributed by atoms with van der Waals surface area (Å²) in [6, 6.07) is 6.65. The molecule has 5 heteroatoms. The van der Waals surface area contributed by atoms with Crippen molar-refractivity contribution in [3.63, 3.8) is 0 Å². The maximum absolute atomic E-state index is 10.0. The number of rotatable bonds is 4. The first-order chi connectivity index (χ1) is 14.7. The molecule has 0 fully saturated rings. The van der Waals surface area contributed by atoms with Crippen molar-refractivity contribution in [2.75, 3.05) is 5.73 Å². The number of aryl methyl sites for hydroxylation is 3. The van der Waals surface area contributed by atoms with Gasteiger partial charge >= 0.3 is 0 Å². The van der Waals surface area contributed by atoms with Gasteiger partial charge in [-0.1, -0.05) is 31.6 Å². The Labute approximate surface area is 189 Å². The second-order valence-corrected chi connectivity index (χ2v) is 8.65. The number of hydrogen-bond acceptors (Lipinski definition) is 4. The third-order valence-electron chi connectivity index (χ3n) is 6.19. The van der Waals surface area contributed by atoms with Crippen LogP contribution in [0.4, 0.5) is 5.69 Å². The largest absolute Gasteiger partial charge is 0.396 e. The topological polar surface area (TPSA) is 78.5 Å². The van der Waals surface area contributed by atoms with Gasteiger partial charge in [-0.2, -0.15) is 5.26 Å². The summed E-state index contributed by atoms with van der Waals surface area (Å²) in [5.41, 5.74) is 18.5. The standard InChI is InChI=1S/C26H30N4S/c1-8-17-18(9-2)23(24(28)25-22(17)16(7)29-26(31)30-25)19-11-10-14(5)15(6)21(19)20(12-27)13(3)4/h10-11H,8-9,28H2,1-7H3,(H,29,30,31). The molecule has 0 aliphatic rings. The third-order valence-corrected chi connectivity index (χ3v) is 6.38. The minimum absolute atomic E-state index is 0.427. The van der Waals surface area contributed by atoms with Crippen molar-refractivity contribution in [3.8, 4) is 17.2 Å². The minimum atomic E-state index is 0.427. The van der Waals surface area contributed by atoms with E-state index in [2.05, 4.69) is 55.9 Å². The summed E-state index contributed by atoms with van der Waals surface area (Å²) in [5.74, 6) is 0. The second kappa shape index (κ2) is 8.64. The van der Waals surface area contributed by atoms with E-state index in [1.165, 1.54) is 11.1 Å². The first-order valence-electron chi connectivity index (χ1n) is 10.7. The summed E-state index contributed by atoms with van der Waals surface area (Å²) in [5, 5.41) is 11.1. The van der Waals surface area contributed by atoms with Crippen molar-refractivity contribution >= 4 is 34.4 Å². The number of nitrogens with zero attached hydrogens (tertiary/aromatic N) is 2. The summed E-state index contributed by atoms with van der Waals surface area (Å²) < 4.78 is 0.427. The zero-order valence-electron chi connectivity index (χ0n) is 19.4. The summed E-state index contributed by atoms with van der Waals surface area (Å²) in [4.78, 5) is 7.83. The number of hydrogen-bond donors (Lipinski definition) is 2. The Balaban J connectivity index is 2.64. The minimum Gasteiger partial charge on any atom is -0.396 e. The number of benzene rings is 2. The van der Waals surface area contributed by atoms with Gasteiger partial charge in [0.15, 0.2) is 4.77 Å². The molecular weight excluding hydrogens is 400 g/mol. The molecular formula is C26H30N4S. The first-order valence-corrected chi connectivity index (χ1v) is 11.1. The van der Waals surface area contributed by atoms with Crippen molar-refractivity contribution in [1.82, 2.24) is 9.97 Å². The lowest BCUT2D eigenvalue weighted by atomic mass is 9.82. The summed E-state index contributed by atoms with van der Waals surface area (Å²) >= 11 is 5.37. The predicted octanol–water partition coefficient (Wildman–Crippen LogP) is 6.91. The Kier molecular flexibility index (Phi) is 6.33. The van der Waals surface area contributed by atoms with E-state index < -0.39 is 0 Å². The van der Waals surface area contributed by atoms with Crippen LogP contribution in [0.5, 0.6) is 0 Å². The van der Waals surface area contributed by atoms with Gasteiger partial charge in [-0.05, 0) is 87.5 Å². The molecule has 1 heterocycles. The van der Waals surface area contributed by atoms with Crippen LogP contribution in [0.3, 0.4) is 0 Å². The maximum atomic E-state index is 10.0. The van der Waals surface area contributed by atoms with E-state index in [0.717, 1.165) is 62.8 Å². The maximum Gasteiger partial charge on any atom is 0.197 e. The van der Waals surface area contributed by atoms with Crippen molar-refractivity contribution in [1.29, 1.82) is 5.26 Å². The molecule has 160 valence electrons. The molecule has 0 amide bonds. The molecule has 4 nitrogen and oxygen atoms in total. The van der Waals surface area contributed by atoms with Crippen LogP contribution in [0, 0.1) is 36.9 Å². The smallest absolute Gasteiger partial charge is 0.197 e. The molecule has 3 N–H and O–H groups in total. The molecule has 3 rings (SSSR count). The van der Waals surface area contributed by atoms with Crippen LogP contribution < -0.4 is 5.73 Å². The number of aromatic nitrogens is 2. The number of aromatic amines is 1. The van der Waals surface area contributed by atoms with Gasteiger partial charge in [-0.3, -0.25) is 0 Å². The highest BCUT2D eigenvalue weighted by Crippen LogP contribution is 2.44. The van der Waals surface area contributed by atoms with Crippen molar-refractivity contribution < 1.29 is 0 Å².